The van der Waals surface area contributed by atoms with Gasteiger partial charge in [-0.1, -0.05) is 18.2 Å². The first-order valence-corrected chi connectivity index (χ1v) is 10.1. The lowest BCUT2D eigenvalue weighted by atomic mass is 10.0. The number of hydrogen-bond acceptors (Lipinski definition) is 7. The van der Waals surface area contributed by atoms with Crippen LogP contribution in [0.3, 0.4) is 0 Å². The van der Waals surface area contributed by atoms with E-state index in [1.807, 2.05) is 37.3 Å². The van der Waals surface area contributed by atoms with E-state index in [0.717, 1.165) is 26.9 Å². The van der Waals surface area contributed by atoms with Crippen molar-refractivity contribution in [2.75, 3.05) is 24.2 Å². The number of anilines is 2. The Hall–Kier alpha value is -3.39. The number of nitrogens with one attached hydrogen (secondary N) is 2. The molecule has 0 saturated carbocycles. The van der Waals surface area contributed by atoms with E-state index in [1.54, 1.807) is 38.7 Å². The Morgan fingerprint density at radius 1 is 1.07 bits per heavy atom. The minimum Gasteiger partial charge on any atom is -0.480 e. The van der Waals surface area contributed by atoms with Crippen molar-refractivity contribution >= 4 is 34.5 Å². The van der Waals surface area contributed by atoms with Crippen LogP contribution in [-0.4, -0.2) is 29.1 Å². The summed E-state index contributed by atoms with van der Waals surface area (Å²) < 4.78 is 23.6. The summed E-state index contributed by atoms with van der Waals surface area (Å²) in [6, 6.07) is 12.8. The maximum absolute atomic E-state index is 15.3. The molecule has 0 bridgehead atoms. The van der Waals surface area contributed by atoms with Gasteiger partial charge < -0.3 is 14.8 Å². The third-order valence-corrected chi connectivity index (χ3v) is 5.37. The lowest BCUT2D eigenvalue weighted by molar-refractivity contribution is 0.387. The van der Waals surface area contributed by atoms with Gasteiger partial charge in [0.25, 0.3) is 0 Å². The molecule has 2 N–H and O–H groups in total. The average molecular weight is 422 g/mol. The molecule has 0 spiro atoms. The SMILES string of the molecule is CNc1ncc2cc(-c3cccc(NSc4cc(C)cnc4OC)c3F)ccc2n1. The zero-order valence-corrected chi connectivity index (χ0v) is 17.5. The Kier molecular flexibility index (Phi) is 5.67. The number of fused-ring (bicyclic) bond motifs is 1. The van der Waals surface area contributed by atoms with E-state index in [9.17, 15) is 0 Å². The van der Waals surface area contributed by atoms with E-state index < -0.39 is 0 Å². The number of pyridine rings is 1. The maximum atomic E-state index is 15.3. The van der Waals surface area contributed by atoms with Crippen molar-refractivity contribution in [2.45, 2.75) is 11.8 Å². The van der Waals surface area contributed by atoms with Crippen molar-refractivity contribution in [3.05, 3.63) is 66.2 Å². The molecule has 0 fully saturated rings. The summed E-state index contributed by atoms with van der Waals surface area (Å²) in [4.78, 5) is 13.7. The molecule has 2 heterocycles. The van der Waals surface area contributed by atoms with Crippen molar-refractivity contribution in [2.24, 2.45) is 0 Å². The fraction of sp³-hybridized carbons (Fsp3) is 0.136. The third-order valence-electron chi connectivity index (χ3n) is 4.53. The number of nitrogens with zero attached hydrogens (tertiary/aromatic N) is 3. The number of aryl methyl sites for hydroxylation is 1. The third kappa shape index (κ3) is 3.99. The molecule has 8 heteroatoms. The van der Waals surface area contributed by atoms with E-state index >= 15 is 4.39 Å². The first-order valence-electron chi connectivity index (χ1n) is 9.26. The molecule has 0 aliphatic rings. The van der Waals surface area contributed by atoms with Gasteiger partial charge in [0.2, 0.25) is 11.8 Å². The van der Waals surface area contributed by atoms with Gasteiger partial charge in [0.05, 0.1) is 23.2 Å². The molecule has 4 rings (SSSR count). The predicted molar refractivity (Wildman–Crippen MR) is 119 cm³/mol. The molecule has 2 aromatic carbocycles. The molecule has 0 amide bonds. The average Bonchev–Trinajstić information content (AvgIpc) is 2.77. The normalized spacial score (nSPS) is 10.8. The fourth-order valence-corrected chi connectivity index (χ4v) is 3.87. The first-order chi connectivity index (χ1) is 14.6. The molecule has 0 radical (unpaired) electrons. The second-order valence-electron chi connectivity index (χ2n) is 6.61. The van der Waals surface area contributed by atoms with Crippen LogP contribution in [0.5, 0.6) is 5.88 Å². The van der Waals surface area contributed by atoms with Gasteiger partial charge in [-0.2, -0.15) is 0 Å². The number of benzene rings is 2. The minimum atomic E-state index is -0.336. The molecule has 0 unspecified atom stereocenters. The van der Waals surface area contributed by atoms with Gasteiger partial charge in [0.1, 0.15) is 0 Å². The summed E-state index contributed by atoms with van der Waals surface area (Å²) in [6.45, 7) is 1.95. The van der Waals surface area contributed by atoms with Crippen molar-refractivity contribution in [3.63, 3.8) is 0 Å². The van der Waals surface area contributed by atoms with Gasteiger partial charge in [-0.05, 0) is 54.3 Å². The topological polar surface area (TPSA) is 72.0 Å². The summed E-state index contributed by atoms with van der Waals surface area (Å²) in [5.74, 6) is 0.701. The number of methoxy groups -OCH3 is 1. The molecule has 30 heavy (non-hydrogen) atoms. The second-order valence-corrected chi connectivity index (χ2v) is 7.46. The minimum absolute atomic E-state index is 0.336. The van der Waals surface area contributed by atoms with Crippen LogP contribution < -0.4 is 14.8 Å². The standard InChI is InChI=1S/C22H20FN5OS/c1-13-9-19(21(29-3)25-11-13)30-28-18-6-4-5-16(20(18)23)14-7-8-17-15(10-14)12-26-22(24-2)27-17/h4-12,28H,1-3H3,(H,24,26,27). The Labute approximate surface area is 178 Å². The van der Waals surface area contributed by atoms with Crippen molar-refractivity contribution in [1.82, 2.24) is 15.0 Å². The quantitative estimate of drug-likeness (QED) is 0.409. The number of aromatic nitrogens is 3. The zero-order valence-electron chi connectivity index (χ0n) is 16.7. The predicted octanol–water partition coefficient (Wildman–Crippen LogP) is 5.31. The van der Waals surface area contributed by atoms with Crippen molar-refractivity contribution < 1.29 is 9.13 Å². The van der Waals surface area contributed by atoms with Crippen LogP contribution in [0.25, 0.3) is 22.0 Å². The monoisotopic (exact) mass is 421 g/mol. The van der Waals surface area contributed by atoms with Crippen LogP contribution >= 0.6 is 11.9 Å². The van der Waals surface area contributed by atoms with E-state index in [1.165, 1.54) is 11.9 Å². The van der Waals surface area contributed by atoms with Crippen molar-refractivity contribution in [3.8, 4) is 17.0 Å². The number of hydrogen-bond donors (Lipinski definition) is 2. The highest BCUT2D eigenvalue weighted by atomic mass is 32.2. The lowest BCUT2D eigenvalue weighted by Crippen LogP contribution is -1.97. The van der Waals surface area contributed by atoms with Crippen LogP contribution in [0.2, 0.25) is 0 Å². The van der Waals surface area contributed by atoms with Crippen LogP contribution in [0.1, 0.15) is 5.56 Å². The Morgan fingerprint density at radius 3 is 2.73 bits per heavy atom. The largest absolute Gasteiger partial charge is 0.480 e. The number of halogens is 1. The Morgan fingerprint density at radius 2 is 1.93 bits per heavy atom. The molecule has 0 saturated heterocycles. The summed E-state index contributed by atoms with van der Waals surface area (Å²) in [5, 5.41) is 3.76. The van der Waals surface area contributed by atoms with E-state index in [-0.39, 0.29) is 5.82 Å². The van der Waals surface area contributed by atoms with Gasteiger partial charge in [0, 0.05) is 30.4 Å². The molecular weight excluding hydrogens is 401 g/mol. The molecule has 2 aromatic heterocycles. The van der Waals surface area contributed by atoms with Gasteiger partial charge in [-0.25, -0.2) is 19.3 Å². The van der Waals surface area contributed by atoms with Gasteiger partial charge >= 0.3 is 0 Å². The summed E-state index contributed by atoms with van der Waals surface area (Å²) in [7, 11) is 3.33. The fourth-order valence-electron chi connectivity index (χ4n) is 3.02. The molecular formula is C22H20FN5OS. The van der Waals surface area contributed by atoms with Crippen molar-refractivity contribution in [1.29, 1.82) is 0 Å². The highest BCUT2D eigenvalue weighted by Gasteiger charge is 2.13. The molecule has 0 atom stereocenters. The molecule has 0 aliphatic heterocycles. The van der Waals surface area contributed by atoms with Gasteiger partial charge in [-0.15, -0.1) is 0 Å². The highest BCUT2D eigenvalue weighted by Crippen LogP contribution is 2.34. The molecule has 152 valence electrons. The molecule has 4 aromatic rings. The van der Waals surface area contributed by atoms with Gasteiger partial charge in [0.15, 0.2) is 5.82 Å². The van der Waals surface area contributed by atoms with Gasteiger partial charge in [-0.3, -0.25) is 0 Å². The second kappa shape index (κ2) is 8.54. The summed E-state index contributed by atoms with van der Waals surface area (Å²) in [5.41, 5.74) is 3.42. The number of rotatable bonds is 6. The maximum Gasteiger partial charge on any atom is 0.228 e. The van der Waals surface area contributed by atoms with E-state index in [2.05, 4.69) is 25.0 Å². The zero-order chi connectivity index (χ0) is 21.1. The van der Waals surface area contributed by atoms with E-state index in [4.69, 9.17) is 4.74 Å². The van der Waals surface area contributed by atoms with Crippen LogP contribution in [0.15, 0.2) is 59.8 Å². The Bertz CT molecular complexity index is 1220. The van der Waals surface area contributed by atoms with Crippen LogP contribution in [-0.2, 0) is 0 Å². The summed E-state index contributed by atoms with van der Waals surface area (Å²) in [6.07, 6.45) is 3.46. The van der Waals surface area contributed by atoms with Crippen LogP contribution in [0.4, 0.5) is 16.0 Å². The Balaban J connectivity index is 1.63. The first kappa shape index (κ1) is 19.9. The molecule has 6 nitrogen and oxygen atoms in total. The highest BCUT2D eigenvalue weighted by molar-refractivity contribution is 8.00. The number of ether oxygens (including phenoxy) is 1. The summed E-state index contributed by atoms with van der Waals surface area (Å²) >= 11 is 1.26. The molecule has 0 aliphatic carbocycles. The smallest absolute Gasteiger partial charge is 0.228 e. The lowest BCUT2D eigenvalue weighted by Gasteiger charge is -2.12. The van der Waals surface area contributed by atoms with E-state index in [0.29, 0.717) is 23.1 Å². The van der Waals surface area contributed by atoms with Crippen LogP contribution in [0, 0.1) is 12.7 Å².